The van der Waals surface area contributed by atoms with Gasteiger partial charge in [0.1, 0.15) is 4.60 Å². The number of halogens is 2. The summed E-state index contributed by atoms with van der Waals surface area (Å²) in [5.74, 6) is 0. The number of nitrogens with one attached hydrogen (secondary N) is 1. The predicted octanol–water partition coefficient (Wildman–Crippen LogP) is 7.08. The van der Waals surface area contributed by atoms with Gasteiger partial charge in [0.15, 0.2) is 0 Å². The van der Waals surface area contributed by atoms with E-state index in [0.717, 1.165) is 25.8 Å². The van der Waals surface area contributed by atoms with Crippen LogP contribution in [0.15, 0.2) is 77.4 Å². The molecule has 2 aromatic heterocycles. The number of nitrogens with zero attached hydrogens (tertiary/aromatic N) is 1. The van der Waals surface area contributed by atoms with E-state index in [4.69, 9.17) is 9.41 Å². The lowest BCUT2D eigenvalue weighted by molar-refractivity contribution is 0.169. The van der Waals surface area contributed by atoms with Gasteiger partial charge in [0.2, 0.25) is 0 Å². The molecule has 34 heavy (non-hydrogen) atoms. The van der Waals surface area contributed by atoms with Crippen molar-refractivity contribution in [1.82, 2.24) is 9.97 Å². The maximum Gasteiger partial charge on any atom is 0.261 e. The van der Waals surface area contributed by atoms with Gasteiger partial charge in [-0.1, -0.05) is 95.3 Å². The summed E-state index contributed by atoms with van der Waals surface area (Å²) >= 11 is 5.94. The van der Waals surface area contributed by atoms with Crippen LogP contribution in [-0.2, 0) is 10.8 Å². The molecule has 4 rings (SSSR count). The van der Waals surface area contributed by atoms with E-state index in [2.05, 4.69) is 145 Å². The lowest BCUT2D eigenvalue weighted by Crippen LogP contribution is -2.67. The molecule has 0 aliphatic heterocycles. The molecule has 4 aromatic rings. The van der Waals surface area contributed by atoms with Crippen molar-refractivity contribution in [3.05, 3.63) is 86.7 Å². The Labute approximate surface area is 226 Å². The number of hydrogen-bond acceptors (Lipinski definition) is 2. The summed E-state index contributed by atoms with van der Waals surface area (Å²) in [6.07, 6.45) is 0.882. The second-order valence-corrected chi connectivity index (χ2v) is 16.9. The number of benzene rings is 2. The van der Waals surface area contributed by atoms with Crippen LogP contribution in [0.25, 0.3) is 11.0 Å². The summed E-state index contributed by atoms with van der Waals surface area (Å²) < 4.78 is 9.26. The Morgan fingerprint density at radius 2 is 1.44 bits per heavy atom. The average molecular weight is 647 g/mol. The molecule has 0 fully saturated rings. The lowest BCUT2D eigenvalue weighted by atomic mass is 9.87. The molecule has 2 heterocycles. The molecule has 0 saturated carbocycles. The minimum absolute atomic E-state index is 0.0343. The number of aromatic amines is 1. The monoisotopic (exact) mass is 646 g/mol. The maximum atomic E-state index is 7.25. The molecular weight excluding hydrogens is 615 g/mol. The van der Waals surface area contributed by atoms with Gasteiger partial charge in [0.05, 0.1) is 14.7 Å². The highest BCUT2D eigenvalue weighted by Gasteiger charge is 2.50. The van der Waals surface area contributed by atoms with Crippen LogP contribution in [0.3, 0.4) is 0 Å². The molecule has 0 aliphatic rings. The highest BCUT2D eigenvalue weighted by Crippen LogP contribution is 2.39. The van der Waals surface area contributed by atoms with Gasteiger partial charge in [-0.25, -0.2) is 4.98 Å². The van der Waals surface area contributed by atoms with Crippen molar-refractivity contribution in [3.8, 4) is 0 Å². The zero-order valence-corrected chi connectivity index (χ0v) is 25.2. The molecule has 2 aromatic carbocycles. The van der Waals surface area contributed by atoms with Crippen LogP contribution in [0.2, 0.25) is 5.04 Å². The first-order chi connectivity index (χ1) is 16.0. The Morgan fingerprint density at radius 1 is 0.882 bits per heavy atom. The second-order valence-electron chi connectivity index (χ2n) is 10.7. The third-order valence-electron chi connectivity index (χ3n) is 6.41. The van der Waals surface area contributed by atoms with Gasteiger partial charge in [0, 0.05) is 12.2 Å². The SMILES string of the molecule is CC(C)(CO[Si](c1ccccc1)(c1ccccc1)C(C)(C)C)Cc1c(I)[nH]c2ccc(Br)nc12. The first-order valence-electron chi connectivity index (χ1n) is 11.6. The molecule has 178 valence electrons. The van der Waals surface area contributed by atoms with Gasteiger partial charge >= 0.3 is 0 Å². The van der Waals surface area contributed by atoms with Gasteiger partial charge in [-0.15, -0.1) is 0 Å². The van der Waals surface area contributed by atoms with Gasteiger partial charge in [0.25, 0.3) is 8.32 Å². The van der Waals surface area contributed by atoms with E-state index in [0.29, 0.717) is 6.61 Å². The van der Waals surface area contributed by atoms with Gasteiger partial charge in [-0.2, -0.15) is 0 Å². The van der Waals surface area contributed by atoms with Crippen molar-refractivity contribution >= 4 is 68.2 Å². The second kappa shape index (κ2) is 9.88. The van der Waals surface area contributed by atoms with Crippen LogP contribution >= 0.6 is 38.5 Å². The average Bonchev–Trinajstić information content (AvgIpc) is 3.08. The van der Waals surface area contributed by atoms with Crippen LogP contribution in [0.1, 0.15) is 40.2 Å². The minimum Gasteiger partial charge on any atom is -0.407 e. The number of hydrogen-bond donors (Lipinski definition) is 1. The number of aromatic nitrogens is 2. The molecule has 1 N–H and O–H groups in total. The number of rotatable bonds is 7. The predicted molar refractivity (Wildman–Crippen MR) is 158 cm³/mol. The zero-order valence-electron chi connectivity index (χ0n) is 20.5. The van der Waals surface area contributed by atoms with Gasteiger partial charge < -0.3 is 9.41 Å². The standard InChI is InChI=1S/C28H32BrIN2OSi/c1-27(2,3)34(20-12-8-6-9-13-20,21-14-10-7-11-15-21)33-19-28(4,5)18-22-25-23(31-26(22)30)16-17-24(29)32-25/h6-17,31H,18-19H2,1-5H3. The number of pyridine rings is 1. The van der Waals surface area contributed by atoms with Crippen LogP contribution in [0, 0.1) is 9.12 Å². The Hall–Kier alpha value is -1.48. The highest BCUT2D eigenvalue weighted by molar-refractivity contribution is 14.1. The summed E-state index contributed by atoms with van der Waals surface area (Å²) in [6, 6.07) is 25.8. The molecule has 0 unspecified atom stereocenters. The fraction of sp³-hybridized carbons (Fsp3) is 0.321. The summed E-state index contributed by atoms with van der Waals surface area (Å²) in [5, 5.41) is 2.60. The van der Waals surface area contributed by atoms with Crippen molar-refractivity contribution in [2.75, 3.05) is 6.61 Å². The van der Waals surface area contributed by atoms with E-state index in [9.17, 15) is 0 Å². The molecule has 0 radical (unpaired) electrons. The maximum absolute atomic E-state index is 7.25. The molecular formula is C28H32BrIN2OSi. The van der Waals surface area contributed by atoms with Crippen LogP contribution in [-0.4, -0.2) is 24.9 Å². The topological polar surface area (TPSA) is 37.9 Å². The smallest absolute Gasteiger partial charge is 0.261 e. The van der Waals surface area contributed by atoms with E-state index in [1.165, 1.54) is 15.9 Å². The number of H-pyrrole nitrogens is 1. The van der Waals surface area contributed by atoms with Crippen molar-refractivity contribution < 1.29 is 4.43 Å². The normalized spacial score (nSPS) is 12.9. The first kappa shape index (κ1) is 25.6. The molecule has 0 amide bonds. The third-order valence-corrected chi connectivity index (χ3v) is 12.8. The van der Waals surface area contributed by atoms with Crippen LogP contribution in [0.5, 0.6) is 0 Å². The Bertz CT molecular complexity index is 1230. The fourth-order valence-corrected chi connectivity index (χ4v) is 10.6. The lowest BCUT2D eigenvalue weighted by Gasteiger charge is -2.44. The van der Waals surface area contributed by atoms with Crippen molar-refractivity contribution in [3.63, 3.8) is 0 Å². The summed E-state index contributed by atoms with van der Waals surface area (Å²) in [7, 11) is -2.57. The highest BCUT2D eigenvalue weighted by atomic mass is 127. The summed E-state index contributed by atoms with van der Waals surface area (Å²) in [4.78, 5) is 8.27. The molecule has 0 aliphatic carbocycles. The Kier molecular flexibility index (Phi) is 7.44. The zero-order chi connectivity index (χ0) is 24.6. The van der Waals surface area contributed by atoms with Crippen molar-refractivity contribution in [2.45, 2.75) is 46.1 Å². The largest absolute Gasteiger partial charge is 0.407 e. The van der Waals surface area contributed by atoms with E-state index in [-0.39, 0.29) is 10.5 Å². The summed E-state index contributed by atoms with van der Waals surface area (Å²) in [6.45, 7) is 12.3. The van der Waals surface area contributed by atoms with Gasteiger partial charge in [-0.3, -0.25) is 0 Å². The van der Waals surface area contributed by atoms with Crippen LogP contribution < -0.4 is 10.4 Å². The third kappa shape index (κ3) is 5.06. The number of fused-ring (bicyclic) bond motifs is 1. The minimum atomic E-state index is -2.57. The van der Waals surface area contributed by atoms with Crippen molar-refractivity contribution in [2.24, 2.45) is 5.41 Å². The molecule has 0 bridgehead atoms. The van der Waals surface area contributed by atoms with Gasteiger partial charge in [-0.05, 0) is 77.9 Å². The summed E-state index contributed by atoms with van der Waals surface area (Å²) in [5.41, 5.74) is 3.29. The first-order valence-corrected chi connectivity index (χ1v) is 15.4. The van der Waals surface area contributed by atoms with E-state index in [1.807, 2.05) is 6.07 Å². The van der Waals surface area contributed by atoms with Crippen LogP contribution in [0.4, 0.5) is 0 Å². The van der Waals surface area contributed by atoms with Crippen molar-refractivity contribution in [1.29, 1.82) is 0 Å². The Balaban J connectivity index is 1.72. The fourth-order valence-electron chi connectivity index (χ4n) is 4.82. The molecule has 0 saturated heterocycles. The van der Waals surface area contributed by atoms with E-state index < -0.39 is 8.32 Å². The molecule has 0 spiro atoms. The molecule has 0 atom stereocenters. The molecule has 6 heteroatoms. The van der Waals surface area contributed by atoms with E-state index >= 15 is 0 Å². The van der Waals surface area contributed by atoms with E-state index in [1.54, 1.807) is 0 Å². The molecule has 3 nitrogen and oxygen atoms in total. The Morgan fingerprint density at radius 3 is 1.97 bits per heavy atom. The quantitative estimate of drug-likeness (QED) is 0.132.